The monoisotopic (exact) mass is 480 g/mol. The van der Waals surface area contributed by atoms with Gasteiger partial charge in [-0.25, -0.2) is 8.78 Å². The van der Waals surface area contributed by atoms with Crippen molar-refractivity contribution < 1.29 is 8.78 Å². The third-order valence-corrected chi connectivity index (χ3v) is 6.45. The summed E-state index contributed by atoms with van der Waals surface area (Å²) in [5, 5.41) is 5.39. The summed E-state index contributed by atoms with van der Waals surface area (Å²) in [4.78, 5) is 2.29. The number of hydrogen-bond acceptors (Lipinski definition) is 2. The van der Waals surface area contributed by atoms with Crippen LogP contribution in [-0.4, -0.2) is 12.6 Å². The largest absolute Gasteiger partial charge is 0.363 e. The van der Waals surface area contributed by atoms with Gasteiger partial charge in [-0.3, -0.25) is 0 Å². The highest BCUT2D eigenvalue weighted by Crippen LogP contribution is 2.39. The van der Waals surface area contributed by atoms with Gasteiger partial charge >= 0.3 is 0 Å². The molecule has 0 bridgehead atoms. The van der Waals surface area contributed by atoms with Gasteiger partial charge in [0, 0.05) is 29.2 Å². The molecule has 1 unspecified atom stereocenters. The van der Waals surface area contributed by atoms with Gasteiger partial charge in [-0.15, -0.1) is 0 Å². The fourth-order valence-electron chi connectivity index (χ4n) is 4.07. The third-order valence-electron chi connectivity index (χ3n) is 5.66. The van der Waals surface area contributed by atoms with E-state index >= 15 is 0 Å². The summed E-state index contributed by atoms with van der Waals surface area (Å²) in [5.41, 5.74) is 2.78. The third kappa shape index (κ3) is 5.32. The van der Waals surface area contributed by atoms with Gasteiger partial charge in [0.1, 0.15) is 0 Å². The molecule has 4 rings (SSSR count). The molecule has 1 N–H and O–H groups in total. The van der Waals surface area contributed by atoms with E-state index in [1.165, 1.54) is 6.07 Å². The summed E-state index contributed by atoms with van der Waals surface area (Å²) in [6.07, 6.45) is 1.71. The standard InChI is InChI=1S/C24H21Cl3F2N2/c25-17-4-2-16(3-5-17)24-13-19(30-14-15-1-7-21(28)22(29)11-15)9-10-31(24)23-8-6-18(26)12-20(23)27/h1-8,11-12,19,24,30H,9-10,13-14H2/t19-,24?/m0/s1. The molecular weight excluding hydrogens is 461 g/mol. The summed E-state index contributed by atoms with van der Waals surface area (Å²) < 4.78 is 26.7. The molecule has 0 aromatic heterocycles. The van der Waals surface area contributed by atoms with Crippen molar-refractivity contribution in [3.05, 3.63) is 98.5 Å². The maximum atomic E-state index is 13.5. The highest BCUT2D eigenvalue weighted by atomic mass is 35.5. The molecule has 162 valence electrons. The zero-order valence-corrected chi connectivity index (χ0v) is 18.9. The molecule has 7 heteroatoms. The topological polar surface area (TPSA) is 15.3 Å². The number of anilines is 1. The van der Waals surface area contributed by atoms with Crippen molar-refractivity contribution in [2.75, 3.05) is 11.4 Å². The van der Waals surface area contributed by atoms with Gasteiger partial charge in [0.2, 0.25) is 0 Å². The van der Waals surface area contributed by atoms with Crippen LogP contribution in [0, 0.1) is 11.6 Å². The minimum atomic E-state index is -0.834. The summed E-state index contributed by atoms with van der Waals surface area (Å²) in [5.74, 6) is -1.66. The van der Waals surface area contributed by atoms with E-state index in [0.29, 0.717) is 27.2 Å². The van der Waals surface area contributed by atoms with E-state index in [1.54, 1.807) is 12.1 Å². The predicted molar refractivity (Wildman–Crippen MR) is 124 cm³/mol. The van der Waals surface area contributed by atoms with Crippen LogP contribution in [0.3, 0.4) is 0 Å². The first-order chi connectivity index (χ1) is 14.9. The number of hydrogen-bond donors (Lipinski definition) is 1. The number of piperidine rings is 1. The molecule has 3 aromatic rings. The second-order valence-electron chi connectivity index (χ2n) is 7.71. The van der Waals surface area contributed by atoms with Crippen molar-refractivity contribution in [3.63, 3.8) is 0 Å². The minimum absolute atomic E-state index is 0.0761. The summed E-state index contributed by atoms with van der Waals surface area (Å²) in [6, 6.07) is 17.7. The highest BCUT2D eigenvalue weighted by molar-refractivity contribution is 6.36. The SMILES string of the molecule is Fc1ccc(CN[C@H]2CCN(c3ccc(Cl)cc3Cl)C(c3ccc(Cl)cc3)C2)cc1F. The van der Waals surface area contributed by atoms with E-state index in [0.717, 1.165) is 36.7 Å². The molecule has 0 saturated carbocycles. The van der Waals surface area contributed by atoms with E-state index < -0.39 is 11.6 Å². The van der Waals surface area contributed by atoms with Crippen LogP contribution >= 0.6 is 34.8 Å². The Morgan fingerprint density at radius 3 is 2.32 bits per heavy atom. The van der Waals surface area contributed by atoms with Crippen molar-refractivity contribution in [2.24, 2.45) is 0 Å². The van der Waals surface area contributed by atoms with E-state index in [4.69, 9.17) is 34.8 Å². The van der Waals surface area contributed by atoms with Crippen molar-refractivity contribution >= 4 is 40.5 Å². The molecular formula is C24H21Cl3F2N2. The normalized spacial score (nSPS) is 18.9. The lowest BCUT2D eigenvalue weighted by molar-refractivity contribution is 0.359. The molecule has 2 atom stereocenters. The molecule has 0 aliphatic carbocycles. The zero-order valence-electron chi connectivity index (χ0n) is 16.6. The van der Waals surface area contributed by atoms with Gasteiger partial charge in [0.15, 0.2) is 11.6 Å². The van der Waals surface area contributed by atoms with Crippen LogP contribution in [0.15, 0.2) is 60.7 Å². The van der Waals surface area contributed by atoms with Gasteiger partial charge in [-0.2, -0.15) is 0 Å². The Morgan fingerprint density at radius 2 is 1.61 bits per heavy atom. The molecule has 1 saturated heterocycles. The predicted octanol–water partition coefficient (Wildman–Crippen LogP) is 7.42. The number of nitrogens with one attached hydrogen (secondary N) is 1. The second-order valence-corrected chi connectivity index (χ2v) is 8.99. The Balaban J connectivity index is 1.55. The first-order valence-corrected chi connectivity index (χ1v) is 11.2. The smallest absolute Gasteiger partial charge is 0.159 e. The van der Waals surface area contributed by atoms with Gasteiger partial charge in [0.25, 0.3) is 0 Å². The van der Waals surface area contributed by atoms with Crippen LogP contribution in [0.1, 0.15) is 30.0 Å². The van der Waals surface area contributed by atoms with Crippen LogP contribution in [0.25, 0.3) is 0 Å². The van der Waals surface area contributed by atoms with Crippen LogP contribution in [0.4, 0.5) is 14.5 Å². The molecule has 1 aliphatic heterocycles. The first-order valence-electron chi connectivity index (χ1n) is 10.0. The van der Waals surface area contributed by atoms with Gasteiger partial charge < -0.3 is 10.2 Å². The Kier molecular flexibility index (Phi) is 7.02. The Hall–Kier alpha value is -1.85. The van der Waals surface area contributed by atoms with Crippen LogP contribution in [0.2, 0.25) is 15.1 Å². The Morgan fingerprint density at radius 1 is 0.871 bits per heavy atom. The molecule has 0 amide bonds. The Labute approximate surface area is 195 Å². The highest BCUT2D eigenvalue weighted by Gasteiger charge is 2.30. The van der Waals surface area contributed by atoms with Crippen molar-refractivity contribution in [1.29, 1.82) is 0 Å². The summed E-state index contributed by atoms with van der Waals surface area (Å²) in [6.45, 7) is 1.25. The zero-order chi connectivity index (χ0) is 22.0. The molecule has 0 spiro atoms. The average molecular weight is 482 g/mol. The molecule has 31 heavy (non-hydrogen) atoms. The minimum Gasteiger partial charge on any atom is -0.363 e. The van der Waals surface area contributed by atoms with E-state index in [-0.39, 0.29) is 12.1 Å². The Bertz CT molecular complexity index is 1060. The summed E-state index contributed by atoms with van der Waals surface area (Å²) >= 11 is 18.7. The maximum Gasteiger partial charge on any atom is 0.159 e. The molecule has 3 aromatic carbocycles. The van der Waals surface area contributed by atoms with E-state index in [9.17, 15) is 8.78 Å². The summed E-state index contributed by atoms with van der Waals surface area (Å²) in [7, 11) is 0. The van der Waals surface area contributed by atoms with Crippen molar-refractivity contribution in [1.82, 2.24) is 5.32 Å². The van der Waals surface area contributed by atoms with Gasteiger partial charge in [-0.05, 0) is 66.4 Å². The first kappa shape index (κ1) is 22.3. The lowest BCUT2D eigenvalue weighted by atomic mass is 9.91. The molecule has 1 fully saturated rings. The fourth-order valence-corrected chi connectivity index (χ4v) is 4.71. The number of nitrogens with zero attached hydrogens (tertiary/aromatic N) is 1. The number of benzene rings is 3. The fraction of sp³-hybridized carbons (Fsp3) is 0.250. The molecule has 1 aliphatic rings. The maximum absolute atomic E-state index is 13.5. The lowest BCUT2D eigenvalue weighted by Crippen LogP contribution is -2.44. The van der Waals surface area contributed by atoms with Gasteiger partial charge in [0.05, 0.1) is 16.8 Å². The molecule has 2 nitrogen and oxygen atoms in total. The van der Waals surface area contributed by atoms with Gasteiger partial charge in [-0.1, -0.05) is 53.0 Å². The van der Waals surface area contributed by atoms with Crippen LogP contribution < -0.4 is 10.2 Å². The second kappa shape index (κ2) is 9.74. The van der Waals surface area contributed by atoms with E-state index in [2.05, 4.69) is 10.2 Å². The van der Waals surface area contributed by atoms with E-state index in [1.807, 2.05) is 36.4 Å². The molecule has 1 heterocycles. The van der Waals surface area contributed by atoms with Crippen LogP contribution in [-0.2, 0) is 6.54 Å². The van der Waals surface area contributed by atoms with Crippen molar-refractivity contribution in [2.45, 2.75) is 31.5 Å². The number of rotatable bonds is 5. The lowest BCUT2D eigenvalue weighted by Gasteiger charge is -2.42. The molecule has 0 radical (unpaired) electrons. The van der Waals surface area contributed by atoms with Crippen LogP contribution in [0.5, 0.6) is 0 Å². The van der Waals surface area contributed by atoms with Crippen molar-refractivity contribution in [3.8, 4) is 0 Å². The average Bonchev–Trinajstić information content (AvgIpc) is 2.75. The number of halogens is 5. The quantitative estimate of drug-likeness (QED) is 0.408.